The zero-order valence-corrected chi connectivity index (χ0v) is 17.8. The van der Waals surface area contributed by atoms with E-state index in [1.54, 1.807) is 0 Å². The number of thioether (sulfide) groups is 1. The average Bonchev–Trinajstić information content (AvgIpc) is 2.99. The Hall–Kier alpha value is -2.16. The molecule has 1 aliphatic heterocycles. The lowest BCUT2D eigenvalue weighted by Gasteiger charge is -2.55. The van der Waals surface area contributed by atoms with Crippen molar-refractivity contribution in [3.63, 3.8) is 0 Å². The van der Waals surface area contributed by atoms with Crippen LogP contribution >= 0.6 is 11.8 Å². The van der Waals surface area contributed by atoms with Crippen molar-refractivity contribution >= 4 is 34.4 Å². The van der Waals surface area contributed by atoms with Gasteiger partial charge in [0.15, 0.2) is 5.17 Å². The highest BCUT2D eigenvalue weighted by Crippen LogP contribution is 2.57. The maximum Gasteiger partial charge on any atom is 0.387 e. The van der Waals surface area contributed by atoms with Gasteiger partial charge in [-0.25, -0.2) is 0 Å². The summed E-state index contributed by atoms with van der Waals surface area (Å²) in [4.78, 5) is 29.9. The second kappa shape index (κ2) is 8.07. The summed E-state index contributed by atoms with van der Waals surface area (Å²) in [6, 6.07) is 5.68. The molecule has 6 nitrogen and oxygen atoms in total. The quantitative estimate of drug-likeness (QED) is 0.683. The van der Waals surface area contributed by atoms with E-state index >= 15 is 0 Å². The van der Waals surface area contributed by atoms with Crippen LogP contribution in [0.4, 0.5) is 14.5 Å². The number of ether oxygens (including phenoxy) is 1. The molecule has 1 saturated heterocycles. The number of hydrogen-bond donors (Lipinski definition) is 2. The molecular formula is C22H25F2N3O3S. The first-order valence-electron chi connectivity index (χ1n) is 10.8. The number of carbonyl (C=O) groups is 2. The highest BCUT2D eigenvalue weighted by molar-refractivity contribution is 8.15. The Kier molecular flexibility index (Phi) is 5.40. The van der Waals surface area contributed by atoms with Gasteiger partial charge in [0.05, 0.1) is 5.54 Å². The van der Waals surface area contributed by atoms with Crippen molar-refractivity contribution in [3.05, 3.63) is 24.3 Å². The van der Waals surface area contributed by atoms with E-state index in [1.807, 2.05) is 0 Å². The van der Waals surface area contributed by atoms with E-state index in [0.717, 1.165) is 37.0 Å². The van der Waals surface area contributed by atoms with Gasteiger partial charge in [-0.3, -0.25) is 14.6 Å². The summed E-state index contributed by atoms with van der Waals surface area (Å²) in [5, 5.41) is 5.71. The molecule has 6 rings (SSSR count). The van der Waals surface area contributed by atoms with Crippen LogP contribution in [0, 0.1) is 17.8 Å². The van der Waals surface area contributed by atoms with E-state index in [4.69, 9.17) is 4.99 Å². The van der Waals surface area contributed by atoms with Gasteiger partial charge in [0.2, 0.25) is 11.8 Å². The molecule has 5 aliphatic rings. The molecular weight excluding hydrogens is 424 g/mol. The van der Waals surface area contributed by atoms with Crippen LogP contribution in [0.5, 0.6) is 5.75 Å². The van der Waals surface area contributed by atoms with Crippen molar-refractivity contribution in [1.29, 1.82) is 0 Å². The molecule has 9 heteroatoms. The Morgan fingerprint density at radius 3 is 2.35 bits per heavy atom. The van der Waals surface area contributed by atoms with Crippen LogP contribution in [0.1, 0.15) is 44.9 Å². The molecule has 0 radical (unpaired) electrons. The van der Waals surface area contributed by atoms with Crippen molar-refractivity contribution in [2.24, 2.45) is 22.7 Å². The van der Waals surface area contributed by atoms with Crippen LogP contribution in [0.15, 0.2) is 29.3 Å². The van der Waals surface area contributed by atoms with Crippen molar-refractivity contribution < 1.29 is 23.1 Å². The summed E-state index contributed by atoms with van der Waals surface area (Å²) in [6.45, 7) is -2.90. The minimum Gasteiger partial charge on any atom is -0.435 e. The van der Waals surface area contributed by atoms with E-state index < -0.39 is 11.9 Å². The molecule has 1 heterocycles. The number of carbonyl (C=O) groups excluding carboxylic acids is 2. The van der Waals surface area contributed by atoms with Gasteiger partial charge >= 0.3 is 6.61 Å². The maximum absolute atomic E-state index is 12.4. The summed E-state index contributed by atoms with van der Waals surface area (Å²) < 4.78 is 28.7. The largest absolute Gasteiger partial charge is 0.435 e. The molecule has 4 bridgehead atoms. The number of hydrogen-bond acceptors (Lipinski definition) is 5. The predicted octanol–water partition coefficient (Wildman–Crippen LogP) is 4.17. The second-order valence-corrected chi connectivity index (χ2v) is 10.5. The molecule has 5 fully saturated rings. The van der Waals surface area contributed by atoms with E-state index in [9.17, 15) is 18.4 Å². The Labute approximate surface area is 183 Å². The Morgan fingerprint density at radius 2 is 1.77 bits per heavy atom. The minimum absolute atomic E-state index is 0.0178. The standard InChI is InChI=1S/C22H25F2N3O3S/c23-20(24)30-16-3-1-15(2-4-16)25-18(28)8-17-19(29)26-21(31-17)27-22-9-12-5-13(10-22)7-14(6-12)11-22/h1-4,12-14,17,20H,5-11H2,(H,25,28)(H,26,27,29). The van der Waals surface area contributed by atoms with E-state index in [0.29, 0.717) is 10.9 Å². The molecule has 1 unspecified atom stereocenters. The third kappa shape index (κ3) is 4.56. The number of benzene rings is 1. The first kappa shape index (κ1) is 20.7. The fourth-order valence-corrected chi connectivity index (χ4v) is 7.19. The number of nitrogens with zero attached hydrogens (tertiary/aromatic N) is 1. The molecule has 4 saturated carbocycles. The average molecular weight is 450 g/mol. The smallest absolute Gasteiger partial charge is 0.387 e. The van der Waals surface area contributed by atoms with Gasteiger partial charge < -0.3 is 15.4 Å². The molecule has 0 aromatic heterocycles. The number of alkyl halides is 2. The first-order chi connectivity index (χ1) is 14.9. The number of anilines is 1. The Balaban J connectivity index is 1.18. The maximum atomic E-state index is 12.4. The van der Waals surface area contributed by atoms with E-state index in [2.05, 4.69) is 15.4 Å². The van der Waals surface area contributed by atoms with Crippen LogP contribution < -0.4 is 15.4 Å². The van der Waals surface area contributed by atoms with Crippen LogP contribution in [0.25, 0.3) is 0 Å². The van der Waals surface area contributed by atoms with E-state index in [-0.39, 0.29) is 29.5 Å². The lowest BCUT2D eigenvalue weighted by atomic mass is 9.53. The van der Waals surface area contributed by atoms with Gasteiger partial charge in [-0.1, -0.05) is 11.8 Å². The third-order valence-electron chi connectivity index (χ3n) is 6.86. The normalized spacial score (nSPS) is 34.9. The van der Waals surface area contributed by atoms with Crippen LogP contribution in [0.2, 0.25) is 0 Å². The van der Waals surface area contributed by atoms with Gasteiger partial charge in [0, 0.05) is 12.1 Å². The summed E-state index contributed by atoms with van der Waals surface area (Å²) in [5.41, 5.74) is 0.432. The number of aliphatic imine (C=N–C) groups is 1. The molecule has 2 N–H and O–H groups in total. The zero-order chi connectivity index (χ0) is 21.6. The van der Waals surface area contributed by atoms with E-state index in [1.165, 1.54) is 55.3 Å². The minimum atomic E-state index is -2.90. The number of halogens is 2. The second-order valence-electron chi connectivity index (χ2n) is 9.31. The first-order valence-corrected chi connectivity index (χ1v) is 11.7. The van der Waals surface area contributed by atoms with Crippen molar-refractivity contribution in [2.45, 2.75) is 62.3 Å². The number of amidine groups is 1. The van der Waals surface area contributed by atoms with Gasteiger partial charge in [0.25, 0.3) is 0 Å². The molecule has 1 aromatic rings. The number of rotatable bonds is 6. The molecule has 31 heavy (non-hydrogen) atoms. The molecule has 0 spiro atoms. The summed E-state index contributed by atoms with van der Waals surface area (Å²) in [7, 11) is 0. The van der Waals surface area contributed by atoms with Gasteiger partial charge in [-0.2, -0.15) is 8.78 Å². The molecule has 1 atom stereocenters. The van der Waals surface area contributed by atoms with Gasteiger partial charge in [0.1, 0.15) is 11.0 Å². The van der Waals surface area contributed by atoms with Gasteiger partial charge in [-0.05, 0) is 80.5 Å². The lowest BCUT2D eigenvalue weighted by molar-refractivity contribution is -0.122. The van der Waals surface area contributed by atoms with Crippen molar-refractivity contribution in [2.75, 3.05) is 5.32 Å². The topological polar surface area (TPSA) is 79.8 Å². The SMILES string of the molecule is O=C(CC1SC(=NC23CC4CC(CC(C4)C2)C3)NC1=O)Nc1ccc(OC(F)F)cc1. The molecule has 2 amide bonds. The van der Waals surface area contributed by atoms with Crippen molar-refractivity contribution in [3.8, 4) is 5.75 Å². The molecule has 166 valence electrons. The highest BCUT2D eigenvalue weighted by Gasteiger charge is 2.51. The summed E-state index contributed by atoms with van der Waals surface area (Å²) in [5.74, 6) is 1.84. The molecule has 1 aromatic carbocycles. The van der Waals surface area contributed by atoms with Crippen molar-refractivity contribution in [1.82, 2.24) is 5.32 Å². The number of nitrogens with one attached hydrogen (secondary N) is 2. The van der Waals surface area contributed by atoms with Crippen LogP contribution in [0.3, 0.4) is 0 Å². The molecule has 4 aliphatic carbocycles. The number of amides is 2. The van der Waals surface area contributed by atoms with Gasteiger partial charge in [-0.15, -0.1) is 0 Å². The van der Waals surface area contributed by atoms with Crippen LogP contribution in [-0.4, -0.2) is 34.4 Å². The van der Waals surface area contributed by atoms with Crippen LogP contribution in [-0.2, 0) is 9.59 Å². The summed E-state index contributed by atoms with van der Waals surface area (Å²) in [6.07, 6.45) is 7.39. The fourth-order valence-electron chi connectivity index (χ4n) is 6.11. The Bertz CT molecular complexity index is 870. The Morgan fingerprint density at radius 1 is 1.16 bits per heavy atom. The lowest BCUT2D eigenvalue weighted by Crippen LogP contribution is -2.50. The summed E-state index contributed by atoms with van der Waals surface area (Å²) >= 11 is 1.34. The highest BCUT2D eigenvalue weighted by atomic mass is 32.2. The predicted molar refractivity (Wildman–Crippen MR) is 114 cm³/mol. The fraction of sp³-hybridized carbons (Fsp3) is 0.591. The monoisotopic (exact) mass is 449 g/mol. The third-order valence-corrected chi connectivity index (χ3v) is 7.94. The zero-order valence-electron chi connectivity index (χ0n) is 17.0.